The maximum atomic E-state index is 10.8. The molecule has 1 amide bonds. The average molecular weight is 170 g/mol. The van der Waals surface area contributed by atoms with Gasteiger partial charge in [0.25, 0.3) is 0 Å². The number of hydrogen-bond acceptors (Lipinski definition) is 2. The fraction of sp³-hybridized carbons (Fsp3) is 0.875. The van der Waals surface area contributed by atoms with E-state index in [1.165, 1.54) is 4.90 Å². The van der Waals surface area contributed by atoms with Gasteiger partial charge in [0, 0.05) is 12.6 Å². The molecule has 0 spiro atoms. The van der Waals surface area contributed by atoms with Crippen molar-refractivity contribution in [1.82, 2.24) is 4.90 Å². The van der Waals surface area contributed by atoms with Gasteiger partial charge in [-0.3, -0.25) is 0 Å². The van der Waals surface area contributed by atoms with E-state index < -0.39 is 6.09 Å². The van der Waals surface area contributed by atoms with Gasteiger partial charge in [0.05, 0.1) is 6.04 Å². The van der Waals surface area contributed by atoms with Crippen LogP contribution in [-0.4, -0.2) is 34.7 Å². The van der Waals surface area contributed by atoms with E-state index >= 15 is 0 Å². The van der Waals surface area contributed by atoms with Crippen molar-refractivity contribution in [3.05, 3.63) is 0 Å². The largest absolute Gasteiger partial charge is 0.465 e. The zero-order chi connectivity index (χ0) is 8.72. The molecule has 2 saturated heterocycles. The minimum atomic E-state index is -0.806. The molecule has 1 saturated carbocycles. The summed E-state index contributed by atoms with van der Waals surface area (Å²) in [6.07, 6.45) is 2.31. The highest BCUT2D eigenvalue weighted by molar-refractivity contribution is 5.66. The van der Waals surface area contributed by atoms with E-state index in [0.717, 1.165) is 19.3 Å². The lowest BCUT2D eigenvalue weighted by molar-refractivity contribution is 0.0358. The van der Waals surface area contributed by atoms with Crippen LogP contribution in [0.15, 0.2) is 0 Å². The summed E-state index contributed by atoms with van der Waals surface area (Å²) >= 11 is 0. The number of nitrogens with two attached hydrogens (primary N) is 1. The van der Waals surface area contributed by atoms with E-state index in [9.17, 15) is 4.79 Å². The van der Waals surface area contributed by atoms with Crippen molar-refractivity contribution in [3.8, 4) is 0 Å². The van der Waals surface area contributed by atoms with E-state index in [0.29, 0.717) is 12.5 Å². The topological polar surface area (TPSA) is 66.6 Å². The molecule has 0 radical (unpaired) electrons. The second kappa shape index (κ2) is 2.62. The highest BCUT2D eigenvalue weighted by Crippen LogP contribution is 2.33. The summed E-state index contributed by atoms with van der Waals surface area (Å²) in [4.78, 5) is 12.3. The molecule has 3 N–H and O–H groups in total. The molecule has 3 atom stereocenters. The molecule has 2 aliphatic heterocycles. The van der Waals surface area contributed by atoms with Crippen molar-refractivity contribution < 1.29 is 9.90 Å². The normalized spacial score (nSPS) is 40.1. The minimum Gasteiger partial charge on any atom is -0.465 e. The first-order valence-corrected chi connectivity index (χ1v) is 4.43. The van der Waals surface area contributed by atoms with Gasteiger partial charge in [0.15, 0.2) is 0 Å². The molecule has 3 fully saturated rings. The first kappa shape index (κ1) is 7.86. The molecule has 3 unspecified atom stereocenters. The van der Waals surface area contributed by atoms with Gasteiger partial charge in [0.2, 0.25) is 0 Å². The third-order valence-corrected chi connectivity index (χ3v) is 3.07. The number of carboxylic acid groups (broad SMARTS) is 1. The third kappa shape index (κ3) is 1.06. The number of piperidine rings is 2. The van der Waals surface area contributed by atoms with E-state index in [1.54, 1.807) is 0 Å². The molecule has 0 aromatic heterocycles. The van der Waals surface area contributed by atoms with Gasteiger partial charge >= 0.3 is 6.09 Å². The Kier molecular flexibility index (Phi) is 1.72. The summed E-state index contributed by atoms with van der Waals surface area (Å²) < 4.78 is 0. The predicted octanol–water partition coefficient (Wildman–Crippen LogP) is 0.476. The Hall–Kier alpha value is -0.770. The summed E-state index contributed by atoms with van der Waals surface area (Å²) in [6, 6.07) is 0.168. The van der Waals surface area contributed by atoms with Crippen LogP contribution in [0.4, 0.5) is 4.79 Å². The monoisotopic (exact) mass is 170 g/mol. The lowest BCUT2D eigenvalue weighted by atomic mass is 9.77. The fourth-order valence-corrected chi connectivity index (χ4v) is 2.47. The van der Waals surface area contributed by atoms with Crippen molar-refractivity contribution in [2.24, 2.45) is 11.7 Å². The zero-order valence-corrected chi connectivity index (χ0v) is 6.94. The number of rotatable bonds is 0. The van der Waals surface area contributed by atoms with E-state index in [-0.39, 0.29) is 12.1 Å². The summed E-state index contributed by atoms with van der Waals surface area (Å²) in [5.74, 6) is 0.515. The van der Waals surface area contributed by atoms with Gasteiger partial charge in [-0.15, -0.1) is 0 Å². The van der Waals surface area contributed by atoms with Crippen molar-refractivity contribution in [1.29, 1.82) is 0 Å². The minimum absolute atomic E-state index is 0.0774. The summed E-state index contributed by atoms with van der Waals surface area (Å²) in [5, 5.41) is 8.85. The molecule has 68 valence electrons. The summed E-state index contributed by atoms with van der Waals surface area (Å²) in [7, 11) is 0. The lowest BCUT2D eigenvalue weighted by Gasteiger charge is -2.47. The second-order valence-corrected chi connectivity index (χ2v) is 3.85. The van der Waals surface area contributed by atoms with E-state index in [2.05, 4.69) is 0 Å². The predicted molar refractivity (Wildman–Crippen MR) is 43.8 cm³/mol. The molecule has 4 nitrogen and oxygen atoms in total. The summed E-state index contributed by atoms with van der Waals surface area (Å²) in [5.41, 5.74) is 5.84. The van der Waals surface area contributed by atoms with Gasteiger partial charge in [-0.05, 0) is 25.2 Å². The van der Waals surface area contributed by atoms with Gasteiger partial charge in [-0.2, -0.15) is 0 Å². The third-order valence-electron chi connectivity index (χ3n) is 3.07. The van der Waals surface area contributed by atoms with Crippen LogP contribution in [0.5, 0.6) is 0 Å². The fourth-order valence-electron chi connectivity index (χ4n) is 2.47. The smallest absolute Gasteiger partial charge is 0.407 e. The Morgan fingerprint density at radius 2 is 2.25 bits per heavy atom. The van der Waals surface area contributed by atoms with Gasteiger partial charge in [0.1, 0.15) is 0 Å². The van der Waals surface area contributed by atoms with Crippen LogP contribution in [0.3, 0.4) is 0 Å². The lowest BCUT2D eigenvalue weighted by Crippen LogP contribution is -2.60. The van der Waals surface area contributed by atoms with Crippen LogP contribution in [0.25, 0.3) is 0 Å². The van der Waals surface area contributed by atoms with Crippen molar-refractivity contribution >= 4 is 6.09 Å². The Morgan fingerprint density at radius 1 is 1.50 bits per heavy atom. The number of fused-ring (bicyclic) bond motifs is 3. The maximum absolute atomic E-state index is 10.8. The molecule has 3 rings (SSSR count). The molecular formula is C8H14N2O2. The van der Waals surface area contributed by atoms with Crippen LogP contribution in [0, 0.1) is 5.92 Å². The van der Waals surface area contributed by atoms with E-state index in [4.69, 9.17) is 10.8 Å². The molecule has 12 heavy (non-hydrogen) atoms. The van der Waals surface area contributed by atoms with Crippen LogP contribution in [0.2, 0.25) is 0 Å². The Labute approximate surface area is 71.3 Å². The Bertz CT molecular complexity index is 207. The summed E-state index contributed by atoms with van der Waals surface area (Å²) in [6.45, 7) is 0.702. The van der Waals surface area contributed by atoms with Gasteiger partial charge in [-0.1, -0.05) is 0 Å². The van der Waals surface area contributed by atoms with Crippen molar-refractivity contribution in [3.63, 3.8) is 0 Å². The van der Waals surface area contributed by atoms with Crippen molar-refractivity contribution in [2.75, 3.05) is 6.54 Å². The molecule has 2 bridgehead atoms. The number of hydrogen-bond donors (Lipinski definition) is 2. The zero-order valence-electron chi connectivity index (χ0n) is 6.94. The average Bonchev–Trinajstić information content (AvgIpc) is 2.04. The molecule has 4 heteroatoms. The Balaban J connectivity index is 2.14. The number of carbonyl (C=O) groups is 1. The van der Waals surface area contributed by atoms with Crippen LogP contribution in [0.1, 0.15) is 19.3 Å². The molecule has 0 aromatic carbocycles. The number of amides is 1. The van der Waals surface area contributed by atoms with Gasteiger partial charge in [-0.25, -0.2) is 4.79 Å². The van der Waals surface area contributed by atoms with Crippen LogP contribution >= 0.6 is 0 Å². The first-order chi connectivity index (χ1) is 5.68. The van der Waals surface area contributed by atoms with Crippen LogP contribution < -0.4 is 5.73 Å². The number of nitrogens with zero attached hydrogens (tertiary/aromatic N) is 1. The maximum Gasteiger partial charge on any atom is 0.407 e. The molecular weight excluding hydrogens is 156 g/mol. The molecule has 0 aromatic rings. The second-order valence-electron chi connectivity index (χ2n) is 3.85. The molecule has 2 heterocycles. The SMILES string of the molecule is NC1CC2CCC1N(C(=O)O)C2. The van der Waals surface area contributed by atoms with E-state index in [1.807, 2.05) is 0 Å². The quantitative estimate of drug-likeness (QED) is 0.555. The van der Waals surface area contributed by atoms with Gasteiger partial charge < -0.3 is 15.7 Å². The highest BCUT2D eigenvalue weighted by atomic mass is 16.4. The standard InChI is InChI=1S/C8H14N2O2/c9-6-3-5-1-2-7(6)10(4-5)8(11)12/h5-7H,1-4,9H2,(H,11,12). The van der Waals surface area contributed by atoms with Crippen molar-refractivity contribution in [2.45, 2.75) is 31.3 Å². The Morgan fingerprint density at radius 3 is 2.67 bits per heavy atom. The highest BCUT2D eigenvalue weighted by Gasteiger charge is 2.41. The van der Waals surface area contributed by atoms with Crippen LogP contribution in [-0.2, 0) is 0 Å². The first-order valence-electron chi connectivity index (χ1n) is 4.43. The molecule has 3 aliphatic rings. The molecule has 1 aliphatic carbocycles.